The van der Waals surface area contributed by atoms with Gasteiger partial charge in [-0.05, 0) is 45.2 Å². The van der Waals surface area contributed by atoms with Crippen molar-refractivity contribution in [3.8, 4) is 0 Å². The highest BCUT2D eigenvalue weighted by Crippen LogP contribution is 2.19. The van der Waals surface area contributed by atoms with E-state index in [0.29, 0.717) is 18.7 Å². The van der Waals surface area contributed by atoms with E-state index in [9.17, 15) is 9.59 Å². The lowest BCUT2D eigenvalue weighted by atomic mass is 9.96. The fraction of sp³-hybridized carbons (Fsp3) is 0.556. The van der Waals surface area contributed by atoms with Crippen LogP contribution in [0.15, 0.2) is 24.3 Å². The third-order valence-corrected chi connectivity index (χ3v) is 4.28. The van der Waals surface area contributed by atoms with E-state index >= 15 is 0 Å². The summed E-state index contributed by atoms with van der Waals surface area (Å²) in [4.78, 5) is 26.6. The maximum atomic E-state index is 12.6. The Bertz CT molecular complexity index is 546. The third kappa shape index (κ3) is 5.80. The number of likely N-dealkylation sites (tertiary alicyclic amines) is 1. The first-order chi connectivity index (χ1) is 11.0. The van der Waals surface area contributed by atoms with Crippen molar-refractivity contribution in [2.45, 2.75) is 39.2 Å². The van der Waals surface area contributed by atoms with Gasteiger partial charge in [0.1, 0.15) is 0 Å². The van der Waals surface area contributed by atoms with Crippen molar-refractivity contribution >= 4 is 24.2 Å². The normalized spacial score (nSPS) is 18.5. The summed E-state index contributed by atoms with van der Waals surface area (Å²) in [7, 11) is 0. The number of nitrogens with zero attached hydrogens (tertiary/aromatic N) is 1. The highest BCUT2D eigenvalue weighted by molar-refractivity contribution is 5.94. The van der Waals surface area contributed by atoms with E-state index in [-0.39, 0.29) is 36.2 Å². The Morgan fingerprint density at radius 1 is 1.33 bits per heavy atom. The van der Waals surface area contributed by atoms with Crippen LogP contribution in [0.3, 0.4) is 0 Å². The van der Waals surface area contributed by atoms with Crippen molar-refractivity contribution in [3.63, 3.8) is 0 Å². The second kappa shape index (κ2) is 9.64. The number of halogens is 1. The smallest absolute Gasteiger partial charge is 0.253 e. The predicted molar refractivity (Wildman–Crippen MR) is 98.3 cm³/mol. The molecule has 2 amide bonds. The fourth-order valence-corrected chi connectivity index (χ4v) is 2.82. The number of rotatable bonds is 5. The molecule has 0 spiro atoms. The zero-order valence-corrected chi connectivity index (χ0v) is 15.3. The molecule has 0 saturated carbocycles. The molecule has 5 nitrogen and oxygen atoms in total. The molecule has 24 heavy (non-hydrogen) atoms. The molecule has 0 aromatic heterocycles. The second-order valence-electron chi connectivity index (χ2n) is 6.51. The predicted octanol–water partition coefficient (Wildman–Crippen LogP) is 2.12. The summed E-state index contributed by atoms with van der Waals surface area (Å²) in [5.74, 6) is -0.0728. The van der Waals surface area contributed by atoms with Crippen LogP contribution < -0.4 is 11.1 Å². The van der Waals surface area contributed by atoms with Crippen LogP contribution in [-0.2, 0) is 4.79 Å². The zero-order chi connectivity index (χ0) is 16.8. The van der Waals surface area contributed by atoms with Gasteiger partial charge in [-0.1, -0.05) is 17.7 Å². The van der Waals surface area contributed by atoms with Gasteiger partial charge in [-0.25, -0.2) is 0 Å². The minimum atomic E-state index is -0.119. The monoisotopic (exact) mass is 353 g/mol. The Morgan fingerprint density at radius 2 is 2.00 bits per heavy atom. The lowest BCUT2D eigenvalue weighted by molar-refractivity contribution is -0.126. The van der Waals surface area contributed by atoms with Crippen molar-refractivity contribution in [1.29, 1.82) is 0 Å². The van der Waals surface area contributed by atoms with Gasteiger partial charge >= 0.3 is 0 Å². The molecule has 1 aromatic carbocycles. The highest BCUT2D eigenvalue weighted by Gasteiger charge is 2.28. The van der Waals surface area contributed by atoms with E-state index in [1.54, 1.807) is 4.90 Å². The molecule has 0 aliphatic carbocycles. The second-order valence-corrected chi connectivity index (χ2v) is 6.51. The van der Waals surface area contributed by atoms with E-state index < -0.39 is 0 Å². The molecule has 1 aliphatic rings. The minimum absolute atomic E-state index is 0. The standard InChI is InChI=1S/C18H27N3O2.ClH/c1-13-5-7-15(8-6-13)18(23)21-11-3-4-16(12-21)17(22)20-10-9-14(2)19;/h5-8,14,16H,3-4,9-12,19H2,1-2H3,(H,20,22);1H. The van der Waals surface area contributed by atoms with Gasteiger partial charge in [-0.2, -0.15) is 0 Å². The molecular formula is C18H28ClN3O2. The van der Waals surface area contributed by atoms with E-state index in [1.807, 2.05) is 38.1 Å². The summed E-state index contributed by atoms with van der Waals surface area (Å²) in [6, 6.07) is 7.67. The van der Waals surface area contributed by atoms with Crippen LogP contribution in [0.25, 0.3) is 0 Å². The molecule has 0 bridgehead atoms. The van der Waals surface area contributed by atoms with Crippen LogP contribution in [0, 0.1) is 12.8 Å². The molecule has 1 aromatic rings. The topological polar surface area (TPSA) is 75.4 Å². The highest BCUT2D eigenvalue weighted by atomic mass is 35.5. The maximum absolute atomic E-state index is 12.6. The van der Waals surface area contributed by atoms with Gasteiger partial charge in [0.05, 0.1) is 5.92 Å². The van der Waals surface area contributed by atoms with Crippen molar-refractivity contribution in [2.24, 2.45) is 11.7 Å². The van der Waals surface area contributed by atoms with Crippen LogP contribution in [0.4, 0.5) is 0 Å². The Hall–Kier alpha value is -1.59. The zero-order valence-electron chi connectivity index (χ0n) is 14.5. The lowest BCUT2D eigenvalue weighted by Crippen LogP contribution is -2.45. The van der Waals surface area contributed by atoms with Crippen LogP contribution in [0.1, 0.15) is 42.1 Å². The summed E-state index contributed by atoms with van der Waals surface area (Å²) < 4.78 is 0. The molecule has 1 aliphatic heterocycles. The first kappa shape index (κ1) is 20.5. The molecule has 3 N–H and O–H groups in total. The van der Waals surface area contributed by atoms with Crippen LogP contribution >= 0.6 is 12.4 Å². The quantitative estimate of drug-likeness (QED) is 0.851. The summed E-state index contributed by atoms with van der Waals surface area (Å²) in [5, 5.41) is 2.93. The molecule has 2 unspecified atom stereocenters. The maximum Gasteiger partial charge on any atom is 0.253 e. The molecule has 0 radical (unpaired) electrons. The first-order valence-corrected chi connectivity index (χ1v) is 8.36. The van der Waals surface area contributed by atoms with E-state index in [4.69, 9.17) is 5.73 Å². The van der Waals surface area contributed by atoms with Crippen molar-refractivity contribution < 1.29 is 9.59 Å². The molecule has 6 heteroatoms. The van der Waals surface area contributed by atoms with Crippen LogP contribution in [0.2, 0.25) is 0 Å². The average molecular weight is 354 g/mol. The van der Waals surface area contributed by atoms with Gasteiger partial charge in [0, 0.05) is 31.2 Å². The van der Waals surface area contributed by atoms with E-state index in [1.165, 1.54) is 0 Å². The van der Waals surface area contributed by atoms with Crippen LogP contribution in [0.5, 0.6) is 0 Å². The van der Waals surface area contributed by atoms with Crippen molar-refractivity contribution in [3.05, 3.63) is 35.4 Å². The number of hydrogen-bond acceptors (Lipinski definition) is 3. The number of carbonyl (C=O) groups is 2. The van der Waals surface area contributed by atoms with E-state index in [0.717, 1.165) is 31.4 Å². The number of aryl methyl sites for hydroxylation is 1. The van der Waals surface area contributed by atoms with Gasteiger partial charge in [0.25, 0.3) is 5.91 Å². The van der Waals surface area contributed by atoms with Crippen LogP contribution in [-0.4, -0.2) is 42.4 Å². The number of benzene rings is 1. The molecule has 1 heterocycles. The molecule has 2 rings (SSSR count). The SMILES string of the molecule is Cc1ccc(C(=O)N2CCCC(C(=O)NCCC(C)N)C2)cc1.Cl. The van der Waals surface area contributed by atoms with E-state index in [2.05, 4.69) is 5.32 Å². The first-order valence-electron chi connectivity index (χ1n) is 8.36. The number of amides is 2. The molecule has 2 atom stereocenters. The molecule has 134 valence electrons. The Kier molecular flexibility index (Phi) is 8.22. The van der Waals surface area contributed by atoms with Gasteiger partial charge in [0.2, 0.25) is 5.91 Å². The minimum Gasteiger partial charge on any atom is -0.356 e. The Labute approximate surface area is 150 Å². The number of carbonyl (C=O) groups excluding carboxylic acids is 2. The largest absolute Gasteiger partial charge is 0.356 e. The van der Waals surface area contributed by atoms with Crippen molar-refractivity contribution in [2.75, 3.05) is 19.6 Å². The fourth-order valence-electron chi connectivity index (χ4n) is 2.82. The Balaban J connectivity index is 0.00000288. The summed E-state index contributed by atoms with van der Waals surface area (Å²) in [5.41, 5.74) is 7.51. The molecule has 1 saturated heterocycles. The molecular weight excluding hydrogens is 326 g/mol. The van der Waals surface area contributed by atoms with Gasteiger partial charge in [-0.3, -0.25) is 9.59 Å². The summed E-state index contributed by atoms with van der Waals surface area (Å²) in [6.07, 6.45) is 2.47. The summed E-state index contributed by atoms with van der Waals surface area (Å²) >= 11 is 0. The average Bonchev–Trinajstić information content (AvgIpc) is 2.54. The Morgan fingerprint density at radius 3 is 2.62 bits per heavy atom. The number of hydrogen-bond donors (Lipinski definition) is 2. The van der Waals surface area contributed by atoms with Gasteiger partial charge < -0.3 is 16.0 Å². The number of nitrogens with one attached hydrogen (secondary N) is 1. The third-order valence-electron chi connectivity index (χ3n) is 4.28. The van der Waals surface area contributed by atoms with Crippen molar-refractivity contribution in [1.82, 2.24) is 10.2 Å². The van der Waals surface area contributed by atoms with Gasteiger partial charge in [-0.15, -0.1) is 12.4 Å². The number of piperidine rings is 1. The number of nitrogens with two attached hydrogens (primary N) is 1. The van der Waals surface area contributed by atoms with Gasteiger partial charge in [0.15, 0.2) is 0 Å². The molecule has 1 fully saturated rings. The lowest BCUT2D eigenvalue weighted by Gasteiger charge is -2.32. The summed E-state index contributed by atoms with van der Waals surface area (Å²) in [6.45, 7) is 5.73.